The molecule has 2 aromatic heterocycles. The van der Waals surface area contributed by atoms with Crippen molar-refractivity contribution in [2.75, 3.05) is 0 Å². The van der Waals surface area contributed by atoms with Gasteiger partial charge in [0.25, 0.3) is 5.69 Å². The van der Waals surface area contributed by atoms with Crippen molar-refractivity contribution in [2.24, 2.45) is 10.4 Å². The van der Waals surface area contributed by atoms with E-state index in [1.165, 1.54) is 0 Å². The molecule has 4 aromatic rings. The molecule has 0 radical (unpaired) electrons. The summed E-state index contributed by atoms with van der Waals surface area (Å²) in [4.78, 5) is 16.6. The molecule has 1 unspecified atom stereocenters. The summed E-state index contributed by atoms with van der Waals surface area (Å²) in [5, 5.41) is 33.4. The molecule has 5 rings (SSSR count). The molecular weight excluding hydrogens is 438 g/mol. The van der Waals surface area contributed by atoms with Crippen molar-refractivity contribution in [3.05, 3.63) is 86.9 Å². The number of nitrogens with one attached hydrogen (secondary N) is 1. The van der Waals surface area contributed by atoms with E-state index in [-0.39, 0.29) is 5.69 Å². The van der Waals surface area contributed by atoms with Gasteiger partial charge >= 0.3 is 0 Å². The van der Waals surface area contributed by atoms with Crippen LogP contribution in [0.3, 0.4) is 0 Å². The van der Waals surface area contributed by atoms with Crippen LogP contribution in [0.2, 0.25) is 0 Å². The molecule has 1 N–H and O–H groups in total. The Kier molecular flexibility index (Phi) is 5.01. The molecule has 0 saturated carbocycles. The average molecular weight is 457 g/mol. The number of nitrogens with zero attached hydrogens (tertiary/aromatic N) is 6. The van der Waals surface area contributed by atoms with E-state index in [0.29, 0.717) is 28.7 Å². The summed E-state index contributed by atoms with van der Waals surface area (Å²) < 4.78 is 5.94. The smallest absolute Gasteiger partial charge is 0.280 e. The molecule has 1 aliphatic heterocycles. The van der Waals surface area contributed by atoms with Crippen LogP contribution in [0.5, 0.6) is 0 Å². The Labute approximate surface area is 193 Å². The lowest BCUT2D eigenvalue weighted by Crippen LogP contribution is -2.18. The van der Waals surface area contributed by atoms with Gasteiger partial charge in [-0.05, 0) is 66.1 Å². The molecule has 0 saturated heterocycles. The summed E-state index contributed by atoms with van der Waals surface area (Å²) in [6.45, 7) is 5.61. The number of aryl methyl sites for hydroxylation is 2. The topological polar surface area (TPSA) is 145 Å². The molecule has 1 aliphatic rings. The molecule has 2 aromatic carbocycles. The van der Waals surface area contributed by atoms with Gasteiger partial charge in [0.2, 0.25) is 0 Å². The van der Waals surface area contributed by atoms with Gasteiger partial charge in [-0.1, -0.05) is 24.3 Å². The zero-order valence-electron chi connectivity index (χ0n) is 18.5. The van der Waals surface area contributed by atoms with Crippen molar-refractivity contribution in [1.82, 2.24) is 20.6 Å². The maximum atomic E-state index is 11.6. The minimum atomic E-state index is -0.877. The molecule has 11 nitrogen and oxygen atoms in total. The minimum absolute atomic E-state index is 0.00865. The summed E-state index contributed by atoms with van der Waals surface area (Å²) in [6, 6.07) is 14.3. The quantitative estimate of drug-likeness (QED) is 0.316. The van der Waals surface area contributed by atoms with E-state index in [1.807, 2.05) is 45.0 Å². The predicted molar refractivity (Wildman–Crippen MR) is 121 cm³/mol. The van der Waals surface area contributed by atoms with Gasteiger partial charge < -0.3 is 9.25 Å². The van der Waals surface area contributed by atoms with Gasteiger partial charge in [0.05, 0.1) is 10.5 Å². The van der Waals surface area contributed by atoms with Crippen molar-refractivity contribution < 1.29 is 14.2 Å². The molecule has 1 atom stereocenters. The van der Waals surface area contributed by atoms with Gasteiger partial charge in [0, 0.05) is 23.0 Å². The average Bonchev–Trinajstić information content (AvgIpc) is 3.58. The first kappa shape index (κ1) is 21.2. The Hall–Kier alpha value is -4.67. The Morgan fingerprint density at radius 1 is 1.09 bits per heavy atom. The fourth-order valence-corrected chi connectivity index (χ4v) is 3.74. The normalized spacial score (nSPS) is 18.4. The summed E-state index contributed by atoms with van der Waals surface area (Å²) in [5.74, 6) is 1.86. The van der Waals surface area contributed by atoms with Gasteiger partial charge in [0.1, 0.15) is 11.5 Å². The third-order valence-corrected chi connectivity index (χ3v) is 5.90. The highest BCUT2D eigenvalue weighted by Gasteiger charge is 2.38. The maximum absolute atomic E-state index is 11.6. The van der Waals surface area contributed by atoms with Crippen molar-refractivity contribution in [3.8, 4) is 22.7 Å². The number of rotatable bonds is 5. The Bertz CT molecular complexity index is 1440. The number of aromatic amines is 1. The Morgan fingerprint density at radius 2 is 1.85 bits per heavy atom. The molecular formula is C23H19N7O4. The molecule has 0 bridgehead atoms. The highest BCUT2D eigenvalue weighted by molar-refractivity contribution is 5.72. The number of furan rings is 1. The van der Waals surface area contributed by atoms with E-state index in [2.05, 4.69) is 31.0 Å². The number of hydrogen-bond acceptors (Lipinski definition) is 9. The van der Waals surface area contributed by atoms with Crippen LogP contribution in [0.4, 0.5) is 5.69 Å². The first-order valence-corrected chi connectivity index (χ1v) is 10.4. The highest BCUT2D eigenvalue weighted by Crippen LogP contribution is 2.41. The summed E-state index contributed by atoms with van der Waals surface area (Å²) in [5.41, 5.74) is 2.97. The van der Waals surface area contributed by atoms with Gasteiger partial charge in [-0.2, -0.15) is 0 Å². The number of H-pyrrole nitrogens is 1. The fraction of sp³-hybridized carbons (Fsp3) is 0.174. The van der Waals surface area contributed by atoms with E-state index in [0.717, 1.165) is 22.3 Å². The Balaban J connectivity index is 1.47. The Morgan fingerprint density at radius 3 is 2.56 bits per heavy atom. The summed E-state index contributed by atoms with van der Waals surface area (Å²) >= 11 is 0. The van der Waals surface area contributed by atoms with Crippen molar-refractivity contribution >= 4 is 11.8 Å². The van der Waals surface area contributed by atoms with Crippen LogP contribution in [-0.2, 0) is 10.4 Å². The zero-order valence-corrected chi connectivity index (χ0v) is 18.5. The minimum Gasteiger partial charge on any atom is -0.456 e. The van der Waals surface area contributed by atoms with E-state index in [1.54, 1.807) is 30.3 Å². The van der Waals surface area contributed by atoms with E-state index < -0.39 is 10.5 Å². The summed E-state index contributed by atoms with van der Waals surface area (Å²) in [6.07, 6.45) is 1.69. The predicted octanol–water partition coefficient (Wildman–Crippen LogP) is 5.31. The van der Waals surface area contributed by atoms with Crippen LogP contribution < -0.4 is 0 Å². The molecule has 170 valence electrons. The lowest BCUT2D eigenvalue weighted by Gasteiger charge is -2.19. The number of nitro groups is 1. The number of hydrogen-bond donors (Lipinski definition) is 1. The largest absolute Gasteiger partial charge is 0.456 e. The van der Waals surface area contributed by atoms with E-state index in [4.69, 9.17) is 9.25 Å². The lowest BCUT2D eigenvalue weighted by atomic mass is 9.90. The number of nitro benzene ring substituents is 1. The monoisotopic (exact) mass is 457 g/mol. The second kappa shape index (κ2) is 8.03. The second-order valence-corrected chi connectivity index (χ2v) is 8.09. The van der Waals surface area contributed by atoms with Crippen LogP contribution in [0.15, 0.2) is 69.1 Å². The third kappa shape index (κ3) is 3.62. The molecule has 3 heterocycles. The maximum Gasteiger partial charge on any atom is 0.280 e. The fourth-order valence-electron chi connectivity index (χ4n) is 3.74. The molecule has 0 fully saturated rings. The van der Waals surface area contributed by atoms with Crippen LogP contribution in [-0.4, -0.2) is 25.5 Å². The zero-order chi connectivity index (χ0) is 23.9. The molecule has 0 amide bonds. The third-order valence-electron chi connectivity index (χ3n) is 5.90. The van der Waals surface area contributed by atoms with Gasteiger partial charge in [-0.15, -0.1) is 10.2 Å². The van der Waals surface area contributed by atoms with Gasteiger partial charge in [0.15, 0.2) is 17.1 Å². The molecule has 11 heteroatoms. The molecule has 0 spiro atoms. The van der Waals surface area contributed by atoms with Crippen LogP contribution in [0.1, 0.15) is 29.4 Å². The van der Waals surface area contributed by atoms with Crippen molar-refractivity contribution in [1.29, 1.82) is 0 Å². The molecule has 0 aliphatic carbocycles. The van der Waals surface area contributed by atoms with E-state index >= 15 is 0 Å². The number of tetrazole rings is 1. The van der Waals surface area contributed by atoms with Crippen LogP contribution >= 0.6 is 0 Å². The first-order chi connectivity index (χ1) is 16.3. The standard InChI is InChI=1S/C23H19N7O4/c1-13-10-18(19(30(31)32)11-14(13)2)20-9-8-17(33-20)12-21-23(3,26-29-34-21)16-6-4-15(5-7-16)22-24-27-28-25-22/h4-12H,1-3H3,(H,24,25,27,28). The van der Waals surface area contributed by atoms with Crippen LogP contribution in [0, 0.1) is 24.0 Å². The number of benzene rings is 2. The van der Waals surface area contributed by atoms with Crippen LogP contribution in [0.25, 0.3) is 28.8 Å². The lowest BCUT2D eigenvalue weighted by molar-refractivity contribution is -0.384. The molecule has 34 heavy (non-hydrogen) atoms. The highest BCUT2D eigenvalue weighted by atomic mass is 16.7. The van der Waals surface area contributed by atoms with Gasteiger partial charge in [-0.3, -0.25) is 10.1 Å². The SMILES string of the molecule is Cc1cc(-c2ccc(C=C3ON=NC3(C)c3ccc(-c4nnn[nH]4)cc3)o2)c([N+](=O)[O-])cc1C. The second-order valence-electron chi connectivity index (χ2n) is 8.09. The van der Waals surface area contributed by atoms with E-state index in [9.17, 15) is 10.1 Å². The summed E-state index contributed by atoms with van der Waals surface area (Å²) in [7, 11) is 0. The van der Waals surface area contributed by atoms with Crippen molar-refractivity contribution in [2.45, 2.75) is 26.3 Å². The van der Waals surface area contributed by atoms with Gasteiger partial charge in [-0.25, -0.2) is 5.10 Å². The van der Waals surface area contributed by atoms with Crippen molar-refractivity contribution in [3.63, 3.8) is 0 Å². The first-order valence-electron chi connectivity index (χ1n) is 10.4. The number of aromatic nitrogens is 4.